The highest BCUT2D eigenvalue weighted by Crippen LogP contribution is 2.33. The average molecular weight is 297 g/mol. The van der Waals surface area contributed by atoms with E-state index in [0.717, 1.165) is 0 Å². The topological polar surface area (TPSA) is 115 Å². The molecule has 0 amide bonds. The van der Waals surface area contributed by atoms with Crippen LogP contribution in [0.5, 0.6) is 0 Å². The lowest BCUT2D eigenvalue weighted by Gasteiger charge is -2.14. The van der Waals surface area contributed by atoms with Crippen molar-refractivity contribution in [1.82, 2.24) is 0 Å². The van der Waals surface area contributed by atoms with Gasteiger partial charge in [0, 0.05) is 5.56 Å². The highest BCUT2D eigenvalue weighted by atomic mass is 16.6. The Kier molecular flexibility index (Phi) is 2.84. The summed E-state index contributed by atoms with van der Waals surface area (Å²) in [6.07, 6.45) is 0. The monoisotopic (exact) mass is 297 g/mol. The van der Waals surface area contributed by atoms with Crippen LogP contribution in [-0.4, -0.2) is 27.6 Å². The van der Waals surface area contributed by atoms with E-state index in [0.29, 0.717) is 10.8 Å². The molecule has 0 bridgehead atoms. The van der Waals surface area contributed by atoms with Crippen LogP contribution in [0.15, 0.2) is 42.0 Å². The van der Waals surface area contributed by atoms with Crippen LogP contribution in [0.3, 0.4) is 0 Å². The van der Waals surface area contributed by atoms with Crippen molar-refractivity contribution in [2.75, 3.05) is 0 Å². The first-order valence-electron chi connectivity index (χ1n) is 6.16. The van der Waals surface area contributed by atoms with Crippen molar-refractivity contribution < 1.29 is 24.4 Å². The Morgan fingerprint density at radius 3 is 2.05 bits per heavy atom. The molecule has 2 aromatic carbocycles. The summed E-state index contributed by atoms with van der Waals surface area (Å²) < 4.78 is 0. The normalized spacial score (nSPS) is 14.2. The lowest BCUT2D eigenvalue weighted by molar-refractivity contribution is -0.376. The molecule has 0 saturated carbocycles. The number of carbonyl (C=O) groups excluding carboxylic acids is 2. The van der Waals surface area contributed by atoms with Crippen LogP contribution >= 0.6 is 0 Å². The molecule has 1 N–H and O–H groups in total. The largest absolute Gasteiger partial charge is 0.477 e. The summed E-state index contributed by atoms with van der Waals surface area (Å²) in [4.78, 5) is 45.4. The van der Waals surface area contributed by atoms with Gasteiger partial charge in [-0.2, -0.15) is 0 Å². The van der Waals surface area contributed by atoms with Gasteiger partial charge in [-0.1, -0.05) is 24.3 Å². The number of nitro groups is 1. The van der Waals surface area contributed by atoms with E-state index in [9.17, 15) is 24.5 Å². The van der Waals surface area contributed by atoms with E-state index in [1.54, 1.807) is 24.3 Å². The maximum atomic E-state index is 12.1. The summed E-state index contributed by atoms with van der Waals surface area (Å²) in [7, 11) is 0. The molecule has 0 unspecified atom stereocenters. The van der Waals surface area contributed by atoms with Gasteiger partial charge in [0.05, 0.1) is 10.5 Å². The minimum absolute atomic E-state index is 0.147. The van der Waals surface area contributed by atoms with Crippen molar-refractivity contribution in [1.29, 1.82) is 0 Å². The molecule has 0 spiro atoms. The Hall–Kier alpha value is -3.35. The molecule has 108 valence electrons. The minimum Gasteiger partial charge on any atom is -0.477 e. The summed E-state index contributed by atoms with van der Waals surface area (Å²) in [5.41, 5.74) is -2.25. The second kappa shape index (κ2) is 4.59. The van der Waals surface area contributed by atoms with Gasteiger partial charge in [-0.05, 0) is 22.9 Å². The van der Waals surface area contributed by atoms with Crippen LogP contribution in [0, 0.1) is 10.1 Å². The molecule has 3 rings (SSSR count). The Morgan fingerprint density at radius 1 is 1.00 bits per heavy atom. The smallest absolute Gasteiger partial charge is 0.346 e. The third-order valence-electron chi connectivity index (χ3n) is 3.45. The molecule has 0 fully saturated rings. The third kappa shape index (κ3) is 1.80. The molecular formula is C15H7NO6. The Labute approximate surface area is 122 Å². The summed E-state index contributed by atoms with van der Waals surface area (Å²) in [5.74, 6) is -4.21. The zero-order valence-corrected chi connectivity index (χ0v) is 10.9. The molecule has 7 heteroatoms. The first-order valence-corrected chi connectivity index (χ1v) is 6.16. The molecule has 2 aromatic rings. The van der Waals surface area contributed by atoms with Crippen LogP contribution in [0.4, 0.5) is 0 Å². The number of rotatable bonds is 2. The summed E-state index contributed by atoms with van der Waals surface area (Å²) in [6, 6.07) is 9.52. The van der Waals surface area contributed by atoms with Crippen LogP contribution in [0.2, 0.25) is 0 Å². The standard InChI is InChI=1S/C15H7NO6/c17-13-10-6-8-4-2-1-3-7(8)5-9(10)12(16(21)22)11(14(13)18)15(19)20/h1-6H,(H,19,20). The van der Waals surface area contributed by atoms with Gasteiger partial charge < -0.3 is 5.11 Å². The lowest BCUT2D eigenvalue weighted by Crippen LogP contribution is -2.30. The van der Waals surface area contributed by atoms with Crippen molar-refractivity contribution >= 4 is 34.0 Å². The number of carbonyl (C=O) groups is 3. The molecule has 22 heavy (non-hydrogen) atoms. The number of nitrogens with zero attached hydrogens (tertiary/aromatic N) is 1. The zero-order valence-electron chi connectivity index (χ0n) is 10.9. The van der Waals surface area contributed by atoms with E-state index < -0.39 is 33.7 Å². The van der Waals surface area contributed by atoms with Crippen molar-refractivity contribution in [3.05, 3.63) is 63.2 Å². The second-order valence-electron chi connectivity index (χ2n) is 4.69. The van der Waals surface area contributed by atoms with Gasteiger partial charge in [0.25, 0.3) is 5.70 Å². The van der Waals surface area contributed by atoms with E-state index >= 15 is 0 Å². The van der Waals surface area contributed by atoms with Crippen LogP contribution in [0.25, 0.3) is 16.5 Å². The summed E-state index contributed by atoms with van der Waals surface area (Å²) >= 11 is 0. The summed E-state index contributed by atoms with van der Waals surface area (Å²) in [6.45, 7) is 0. The van der Waals surface area contributed by atoms with Crippen molar-refractivity contribution in [2.24, 2.45) is 0 Å². The average Bonchev–Trinajstić information content (AvgIpc) is 2.48. The Bertz CT molecular complexity index is 925. The van der Waals surface area contributed by atoms with Crippen LogP contribution in [0.1, 0.15) is 15.9 Å². The lowest BCUT2D eigenvalue weighted by atomic mass is 9.85. The Morgan fingerprint density at radius 2 is 1.55 bits per heavy atom. The molecule has 0 heterocycles. The van der Waals surface area contributed by atoms with Gasteiger partial charge in [0.2, 0.25) is 11.6 Å². The van der Waals surface area contributed by atoms with E-state index in [-0.39, 0.29) is 11.1 Å². The van der Waals surface area contributed by atoms with Crippen molar-refractivity contribution in [2.45, 2.75) is 0 Å². The number of aliphatic carboxylic acids is 1. The van der Waals surface area contributed by atoms with Crippen molar-refractivity contribution in [3.8, 4) is 0 Å². The number of benzene rings is 2. The SMILES string of the molecule is O=C(O)C1=C([N+](=O)[O-])c2cc3ccccc3cc2C(=O)C1=O. The molecule has 0 aromatic heterocycles. The number of hydrogen-bond acceptors (Lipinski definition) is 5. The molecule has 1 aliphatic carbocycles. The molecule has 0 atom stereocenters. The first kappa shape index (κ1) is 13.6. The predicted octanol–water partition coefficient (Wildman–Crippen LogP) is 1.68. The minimum atomic E-state index is -1.79. The van der Waals surface area contributed by atoms with Crippen LogP contribution in [-0.2, 0) is 9.59 Å². The number of hydrogen-bond donors (Lipinski definition) is 1. The number of carboxylic acid groups (broad SMARTS) is 1. The van der Waals surface area contributed by atoms with Crippen molar-refractivity contribution in [3.63, 3.8) is 0 Å². The fourth-order valence-electron chi connectivity index (χ4n) is 2.49. The second-order valence-corrected chi connectivity index (χ2v) is 4.69. The summed E-state index contributed by atoms with van der Waals surface area (Å²) in [5, 5.41) is 21.5. The number of ketones is 2. The Balaban J connectivity index is 2.47. The van der Waals surface area contributed by atoms with Gasteiger partial charge in [-0.3, -0.25) is 19.7 Å². The van der Waals surface area contributed by atoms with Gasteiger partial charge in [-0.25, -0.2) is 4.79 Å². The third-order valence-corrected chi connectivity index (χ3v) is 3.45. The zero-order chi connectivity index (χ0) is 16.0. The molecule has 0 saturated heterocycles. The fraction of sp³-hybridized carbons (Fsp3) is 0. The van der Waals surface area contributed by atoms with Gasteiger partial charge >= 0.3 is 5.97 Å². The van der Waals surface area contributed by atoms with E-state index in [1.807, 2.05) is 0 Å². The van der Waals surface area contributed by atoms with Gasteiger partial charge in [0.15, 0.2) is 5.57 Å². The quantitative estimate of drug-likeness (QED) is 0.390. The van der Waals surface area contributed by atoms with Gasteiger partial charge in [0.1, 0.15) is 0 Å². The van der Waals surface area contributed by atoms with Gasteiger partial charge in [-0.15, -0.1) is 0 Å². The fourth-order valence-corrected chi connectivity index (χ4v) is 2.49. The molecular weight excluding hydrogens is 290 g/mol. The first-order chi connectivity index (χ1) is 10.4. The maximum Gasteiger partial charge on any atom is 0.346 e. The molecule has 7 nitrogen and oxygen atoms in total. The number of carboxylic acids is 1. The van der Waals surface area contributed by atoms with Crippen LogP contribution < -0.4 is 0 Å². The van der Waals surface area contributed by atoms with E-state index in [1.165, 1.54) is 12.1 Å². The van der Waals surface area contributed by atoms with E-state index in [4.69, 9.17) is 5.11 Å². The van der Waals surface area contributed by atoms with E-state index in [2.05, 4.69) is 0 Å². The maximum absolute atomic E-state index is 12.1. The number of fused-ring (bicyclic) bond motifs is 2. The molecule has 0 aliphatic heterocycles. The molecule has 1 aliphatic rings. The highest BCUT2D eigenvalue weighted by Gasteiger charge is 2.42. The predicted molar refractivity (Wildman–Crippen MR) is 74.8 cm³/mol. The highest BCUT2D eigenvalue weighted by molar-refractivity contribution is 6.57. The molecule has 0 radical (unpaired) electrons. The number of Topliss-reactive ketones (excluding diaryl/α,β-unsaturated/α-hetero) is 2.